The molecule has 0 atom stereocenters. The average Bonchev–Trinajstić information content (AvgIpc) is 2.01. The summed E-state index contributed by atoms with van der Waals surface area (Å²) in [5.74, 6) is -0.0388. The third-order valence-electron chi connectivity index (χ3n) is 2.00. The minimum absolute atomic E-state index is 0.0388. The summed E-state index contributed by atoms with van der Waals surface area (Å²) >= 11 is 0. The second-order valence-corrected chi connectivity index (χ2v) is 3.72. The second-order valence-electron chi connectivity index (χ2n) is 3.72. The maximum Gasteiger partial charge on any atom is 0.253 e. The summed E-state index contributed by atoms with van der Waals surface area (Å²) in [4.78, 5) is 15.9. The molecule has 14 heavy (non-hydrogen) atoms. The van der Waals surface area contributed by atoms with Gasteiger partial charge in [0, 0.05) is 12.2 Å². The zero-order chi connectivity index (χ0) is 10.7. The monoisotopic (exact) mass is 192 g/mol. The van der Waals surface area contributed by atoms with E-state index in [0.717, 1.165) is 11.3 Å². The highest BCUT2D eigenvalue weighted by Crippen LogP contribution is 2.10. The lowest BCUT2D eigenvalue weighted by Gasteiger charge is -2.11. The van der Waals surface area contributed by atoms with Crippen molar-refractivity contribution in [2.24, 2.45) is 0 Å². The van der Waals surface area contributed by atoms with Crippen LogP contribution in [0.2, 0.25) is 0 Å². The Morgan fingerprint density at radius 1 is 1.43 bits per heavy atom. The van der Waals surface area contributed by atoms with Crippen LogP contribution in [-0.4, -0.2) is 16.9 Å². The molecule has 0 aromatic carbocycles. The summed E-state index contributed by atoms with van der Waals surface area (Å²) in [5, 5.41) is 2.86. The third-order valence-corrected chi connectivity index (χ3v) is 2.00. The molecule has 1 aromatic rings. The van der Waals surface area contributed by atoms with Gasteiger partial charge in [-0.15, -0.1) is 0 Å². The molecule has 0 saturated carbocycles. The number of amides is 1. The van der Waals surface area contributed by atoms with E-state index in [0.29, 0.717) is 5.56 Å². The number of nitrogens with zero attached hydrogens (tertiary/aromatic N) is 1. The van der Waals surface area contributed by atoms with Crippen LogP contribution >= 0.6 is 0 Å². The summed E-state index contributed by atoms with van der Waals surface area (Å²) in [6, 6.07) is 2.00. The first-order chi connectivity index (χ1) is 6.52. The Balaban J connectivity index is 3.00. The predicted octanol–water partition coefficient (Wildman–Crippen LogP) is 1.84. The normalized spacial score (nSPS) is 10.4. The van der Waals surface area contributed by atoms with Crippen LogP contribution in [0.15, 0.2) is 12.3 Å². The lowest BCUT2D eigenvalue weighted by atomic mass is 10.1. The molecule has 1 aromatic heterocycles. The molecular formula is C11H16N2O. The highest BCUT2D eigenvalue weighted by Gasteiger charge is 2.12. The number of carbonyl (C=O) groups excluding carboxylic acids is 1. The van der Waals surface area contributed by atoms with E-state index in [4.69, 9.17) is 0 Å². The molecule has 0 bridgehead atoms. The van der Waals surface area contributed by atoms with Crippen LogP contribution in [0, 0.1) is 13.8 Å². The molecule has 0 unspecified atom stereocenters. The van der Waals surface area contributed by atoms with Crippen molar-refractivity contribution < 1.29 is 4.79 Å². The van der Waals surface area contributed by atoms with Crippen molar-refractivity contribution in [1.82, 2.24) is 10.3 Å². The van der Waals surface area contributed by atoms with Gasteiger partial charge in [-0.1, -0.05) is 0 Å². The van der Waals surface area contributed by atoms with Crippen molar-refractivity contribution in [2.75, 3.05) is 0 Å². The first-order valence-electron chi connectivity index (χ1n) is 4.75. The van der Waals surface area contributed by atoms with Gasteiger partial charge in [-0.05, 0) is 39.3 Å². The highest BCUT2D eigenvalue weighted by molar-refractivity contribution is 5.96. The number of aromatic nitrogens is 1. The molecule has 0 fully saturated rings. The van der Waals surface area contributed by atoms with Crippen molar-refractivity contribution in [3.05, 3.63) is 29.1 Å². The van der Waals surface area contributed by atoms with Crippen LogP contribution in [0.25, 0.3) is 0 Å². The average molecular weight is 192 g/mol. The lowest BCUT2D eigenvalue weighted by molar-refractivity contribution is 0.0941. The molecule has 3 nitrogen and oxygen atoms in total. The van der Waals surface area contributed by atoms with Crippen molar-refractivity contribution in [1.29, 1.82) is 0 Å². The maximum atomic E-state index is 11.7. The topological polar surface area (TPSA) is 42.0 Å². The Morgan fingerprint density at radius 3 is 2.57 bits per heavy atom. The zero-order valence-electron chi connectivity index (χ0n) is 9.09. The van der Waals surface area contributed by atoms with E-state index in [-0.39, 0.29) is 11.9 Å². The molecule has 1 N–H and O–H groups in total. The first-order valence-corrected chi connectivity index (χ1v) is 4.75. The standard InChI is InChI=1S/C11H16N2O/c1-7(2)13-11(14)10-8(3)5-6-12-9(10)4/h5-7H,1-4H3,(H,13,14). The minimum Gasteiger partial charge on any atom is -0.350 e. The molecule has 0 saturated heterocycles. The van der Waals surface area contributed by atoms with Gasteiger partial charge in [-0.25, -0.2) is 0 Å². The number of pyridine rings is 1. The van der Waals surface area contributed by atoms with E-state index in [9.17, 15) is 4.79 Å². The van der Waals surface area contributed by atoms with Gasteiger partial charge in [-0.3, -0.25) is 9.78 Å². The van der Waals surface area contributed by atoms with E-state index in [1.165, 1.54) is 0 Å². The largest absolute Gasteiger partial charge is 0.350 e. The van der Waals surface area contributed by atoms with Gasteiger partial charge in [0.05, 0.1) is 11.3 Å². The molecule has 1 heterocycles. The van der Waals surface area contributed by atoms with Gasteiger partial charge in [0.15, 0.2) is 0 Å². The quantitative estimate of drug-likeness (QED) is 0.776. The fourth-order valence-electron chi connectivity index (χ4n) is 1.37. The Morgan fingerprint density at radius 2 is 2.07 bits per heavy atom. The predicted molar refractivity (Wildman–Crippen MR) is 56.3 cm³/mol. The van der Waals surface area contributed by atoms with Crippen molar-refractivity contribution in [3.63, 3.8) is 0 Å². The Labute approximate surface area is 84.6 Å². The maximum absolute atomic E-state index is 11.7. The van der Waals surface area contributed by atoms with Gasteiger partial charge in [0.1, 0.15) is 0 Å². The van der Waals surface area contributed by atoms with Gasteiger partial charge >= 0.3 is 0 Å². The molecular weight excluding hydrogens is 176 g/mol. The van der Waals surface area contributed by atoms with Crippen LogP contribution in [0.1, 0.15) is 35.5 Å². The summed E-state index contributed by atoms with van der Waals surface area (Å²) in [6.45, 7) is 7.66. The van der Waals surface area contributed by atoms with Gasteiger partial charge < -0.3 is 5.32 Å². The van der Waals surface area contributed by atoms with Crippen LogP contribution in [0.5, 0.6) is 0 Å². The highest BCUT2D eigenvalue weighted by atomic mass is 16.1. The molecule has 76 valence electrons. The summed E-state index contributed by atoms with van der Waals surface area (Å²) in [7, 11) is 0. The minimum atomic E-state index is -0.0388. The number of aryl methyl sites for hydroxylation is 2. The molecule has 0 aliphatic rings. The third kappa shape index (κ3) is 2.31. The lowest BCUT2D eigenvalue weighted by Crippen LogP contribution is -2.31. The Hall–Kier alpha value is -1.38. The first kappa shape index (κ1) is 10.7. The van der Waals surface area contributed by atoms with E-state index in [1.54, 1.807) is 6.20 Å². The summed E-state index contributed by atoms with van der Waals surface area (Å²) < 4.78 is 0. The number of carbonyl (C=O) groups is 1. The van der Waals surface area contributed by atoms with Crippen molar-refractivity contribution in [3.8, 4) is 0 Å². The zero-order valence-corrected chi connectivity index (χ0v) is 9.09. The van der Waals surface area contributed by atoms with Crippen LogP contribution < -0.4 is 5.32 Å². The van der Waals surface area contributed by atoms with E-state index in [1.807, 2.05) is 33.8 Å². The van der Waals surface area contributed by atoms with Crippen LogP contribution in [0.4, 0.5) is 0 Å². The van der Waals surface area contributed by atoms with Gasteiger partial charge in [0.2, 0.25) is 0 Å². The molecule has 1 amide bonds. The molecule has 1 rings (SSSR count). The fraction of sp³-hybridized carbons (Fsp3) is 0.455. The van der Waals surface area contributed by atoms with Crippen LogP contribution in [-0.2, 0) is 0 Å². The Bertz CT molecular complexity index is 325. The Kier molecular flexibility index (Phi) is 3.23. The molecule has 0 radical (unpaired) electrons. The van der Waals surface area contributed by atoms with Crippen molar-refractivity contribution >= 4 is 5.91 Å². The van der Waals surface area contributed by atoms with E-state index < -0.39 is 0 Å². The SMILES string of the molecule is Cc1ccnc(C)c1C(=O)NC(C)C. The van der Waals surface area contributed by atoms with Gasteiger partial charge in [-0.2, -0.15) is 0 Å². The number of rotatable bonds is 2. The summed E-state index contributed by atoms with van der Waals surface area (Å²) in [6.07, 6.45) is 1.72. The molecule has 0 aliphatic carbocycles. The number of hydrogen-bond donors (Lipinski definition) is 1. The molecule has 0 spiro atoms. The number of hydrogen-bond acceptors (Lipinski definition) is 2. The second kappa shape index (κ2) is 4.22. The van der Waals surface area contributed by atoms with E-state index >= 15 is 0 Å². The molecule has 3 heteroatoms. The van der Waals surface area contributed by atoms with E-state index in [2.05, 4.69) is 10.3 Å². The van der Waals surface area contributed by atoms with Gasteiger partial charge in [0.25, 0.3) is 5.91 Å². The van der Waals surface area contributed by atoms with Crippen molar-refractivity contribution in [2.45, 2.75) is 33.7 Å². The fourth-order valence-corrected chi connectivity index (χ4v) is 1.37. The molecule has 0 aliphatic heterocycles. The van der Waals surface area contributed by atoms with Crippen LogP contribution in [0.3, 0.4) is 0 Å². The number of nitrogens with one attached hydrogen (secondary N) is 1. The summed E-state index contributed by atoms with van der Waals surface area (Å²) in [5.41, 5.74) is 2.44. The smallest absolute Gasteiger partial charge is 0.253 e.